The third kappa shape index (κ3) is 5.21. The smallest absolute Gasteiger partial charge is 0.258 e. The zero-order chi connectivity index (χ0) is 15.3. The highest BCUT2D eigenvalue weighted by atomic mass is 16.5. The van der Waals surface area contributed by atoms with E-state index < -0.39 is 0 Å². The van der Waals surface area contributed by atoms with Gasteiger partial charge in [-0.05, 0) is 64.3 Å². The lowest BCUT2D eigenvalue weighted by Gasteiger charge is -2.21. The van der Waals surface area contributed by atoms with Crippen LogP contribution in [-0.4, -0.2) is 24.6 Å². The molecule has 0 bridgehead atoms. The van der Waals surface area contributed by atoms with Crippen LogP contribution < -0.4 is 15.8 Å². The molecule has 1 rings (SSSR count). The maximum absolute atomic E-state index is 11.8. The number of amides is 1. The van der Waals surface area contributed by atoms with Crippen molar-refractivity contribution in [2.45, 2.75) is 46.6 Å². The molecular formula is C16H26N2O2. The highest BCUT2D eigenvalue weighted by Crippen LogP contribution is 2.25. The van der Waals surface area contributed by atoms with E-state index in [1.165, 1.54) is 5.56 Å². The lowest BCUT2D eigenvalue weighted by molar-refractivity contribution is -0.124. The Morgan fingerprint density at radius 1 is 1.25 bits per heavy atom. The lowest BCUT2D eigenvalue weighted by atomic mass is 10.0. The van der Waals surface area contributed by atoms with E-state index in [2.05, 4.69) is 17.4 Å². The van der Waals surface area contributed by atoms with Crippen LogP contribution in [0, 0.1) is 13.8 Å². The minimum atomic E-state index is -0.241. The second kappa shape index (κ2) is 6.75. The molecule has 112 valence electrons. The molecule has 4 nitrogen and oxygen atoms in total. The molecule has 0 unspecified atom stereocenters. The van der Waals surface area contributed by atoms with Crippen molar-refractivity contribution >= 4 is 5.91 Å². The summed E-state index contributed by atoms with van der Waals surface area (Å²) in [5, 5.41) is 2.88. The van der Waals surface area contributed by atoms with Crippen LogP contribution in [0.4, 0.5) is 0 Å². The Morgan fingerprint density at radius 2 is 1.80 bits per heavy atom. The molecule has 0 aliphatic rings. The van der Waals surface area contributed by atoms with E-state index in [4.69, 9.17) is 10.5 Å². The lowest BCUT2D eigenvalue weighted by Crippen LogP contribution is -2.43. The van der Waals surface area contributed by atoms with E-state index in [-0.39, 0.29) is 18.1 Å². The Balaban J connectivity index is 2.71. The SMILES string of the molecule is Cc1cc(CCN)cc(C)c1OCC(=O)NC(C)(C)C. The first-order valence-corrected chi connectivity index (χ1v) is 6.97. The topological polar surface area (TPSA) is 64.3 Å². The molecule has 0 aliphatic heterocycles. The number of carbonyl (C=O) groups is 1. The number of aryl methyl sites for hydroxylation is 2. The van der Waals surface area contributed by atoms with Crippen molar-refractivity contribution in [2.24, 2.45) is 5.73 Å². The molecule has 0 spiro atoms. The van der Waals surface area contributed by atoms with Gasteiger partial charge in [-0.25, -0.2) is 0 Å². The molecule has 1 amide bonds. The average molecular weight is 278 g/mol. The number of rotatable bonds is 5. The quantitative estimate of drug-likeness (QED) is 0.867. The first kappa shape index (κ1) is 16.5. The summed E-state index contributed by atoms with van der Waals surface area (Å²) in [6.45, 7) is 10.5. The van der Waals surface area contributed by atoms with Crippen LogP contribution in [0.5, 0.6) is 5.75 Å². The summed E-state index contributed by atoms with van der Waals surface area (Å²) in [7, 11) is 0. The molecule has 3 N–H and O–H groups in total. The van der Waals surface area contributed by atoms with E-state index in [1.807, 2.05) is 34.6 Å². The van der Waals surface area contributed by atoms with Gasteiger partial charge in [0.1, 0.15) is 5.75 Å². The first-order valence-electron chi connectivity index (χ1n) is 6.97. The minimum Gasteiger partial charge on any atom is -0.483 e. The molecule has 0 aliphatic carbocycles. The van der Waals surface area contributed by atoms with Gasteiger partial charge in [-0.3, -0.25) is 4.79 Å². The van der Waals surface area contributed by atoms with E-state index in [0.717, 1.165) is 23.3 Å². The molecule has 0 fully saturated rings. The zero-order valence-electron chi connectivity index (χ0n) is 13.2. The Morgan fingerprint density at radius 3 is 2.25 bits per heavy atom. The molecule has 20 heavy (non-hydrogen) atoms. The highest BCUT2D eigenvalue weighted by molar-refractivity contribution is 5.78. The Bertz CT molecular complexity index is 453. The molecule has 0 saturated heterocycles. The van der Waals surface area contributed by atoms with Crippen molar-refractivity contribution < 1.29 is 9.53 Å². The van der Waals surface area contributed by atoms with Crippen molar-refractivity contribution in [2.75, 3.05) is 13.2 Å². The largest absolute Gasteiger partial charge is 0.483 e. The van der Waals surface area contributed by atoms with Gasteiger partial charge >= 0.3 is 0 Å². The number of carbonyl (C=O) groups excluding carboxylic acids is 1. The third-order valence-corrected chi connectivity index (χ3v) is 2.82. The molecule has 0 radical (unpaired) electrons. The van der Waals surface area contributed by atoms with Crippen LogP contribution in [0.1, 0.15) is 37.5 Å². The van der Waals surface area contributed by atoms with Crippen molar-refractivity contribution in [1.82, 2.24) is 5.32 Å². The van der Waals surface area contributed by atoms with Crippen molar-refractivity contribution in [1.29, 1.82) is 0 Å². The van der Waals surface area contributed by atoms with E-state index in [0.29, 0.717) is 6.54 Å². The molecular weight excluding hydrogens is 252 g/mol. The number of nitrogens with one attached hydrogen (secondary N) is 1. The molecule has 4 heteroatoms. The van der Waals surface area contributed by atoms with Crippen LogP contribution in [0.25, 0.3) is 0 Å². The van der Waals surface area contributed by atoms with Crippen molar-refractivity contribution in [3.05, 3.63) is 28.8 Å². The summed E-state index contributed by atoms with van der Waals surface area (Å²) >= 11 is 0. The summed E-state index contributed by atoms with van der Waals surface area (Å²) < 4.78 is 5.67. The molecule has 1 aromatic carbocycles. The number of hydrogen-bond donors (Lipinski definition) is 2. The number of hydrogen-bond acceptors (Lipinski definition) is 3. The second-order valence-electron chi connectivity index (χ2n) is 6.18. The Hall–Kier alpha value is -1.55. The Kier molecular flexibility index (Phi) is 5.57. The van der Waals surface area contributed by atoms with Crippen molar-refractivity contribution in [3.63, 3.8) is 0 Å². The van der Waals surface area contributed by atoms with Gasteiger partial charge in [0.2, 0.25) is 0 Å². The van der Waals surface area contributed by atoms with Gasteiger partial charge in [0.25, 0.3) is 5.91 Å². The van der Waals surface area contributed by atoms with Crippen LogP contribution >= 0.6 is 0 Å². The molecule has 1 aromatic rings. The second-order valence-corrected chi connectivity index (χ2v) is 6.18. The van der Waals surface area contributed by atoms with Crippen LogP contribution in [0.2, 0.25) is 0 Å². The molecule has 0 saturated carbocycles. The van der Waals surface area contributed by atoms with Gasteiger partial charge in [0.05, 0.1) is 0 Å². The summed E-state index contributed by atoms with van der Waals surface area (Å²) in [6, 6.07) is 4.13. The summed E-state index contributed by atoms with van der Waals surface area (Å²) in [5.74, 6) is 0.678. The van der Waals surface area contributed by atoms with Gasteiger partial charge in [-0.1, -0.05) is 12.1 Å². The predicted molar refractivity (Wildman–Crippen MR) is 82.1 cm³/mol. The number of ether oxygens (including phenoxy) is 1. The number of benzene rings is 1. The van der Waals surface area contributed by atoms with E-state index in [1.54, 1.807) is 0 Å². The summed E-state index contributed by atoms with van der Waals surface area (Å²) in [5.41, 5.74) is 8.61. The predicted octanol–water partition coefficient (Wildman–Crippen LogP) is 2.10. The molecule has 0 atom stereocenters. The highest BCUT2D eigenvalue weighted by Gasteiger charge is 2.15. The van der Waals surface area contributed by atoms with Gasteiger partial charge in [0.15, 0.2) is 6.61 Å². The normalized spacial score (nSPS) is 11.3. The number of nitrogens with two attached hydrogens (primary N) is 1. The van der Waals surface area contributed by atoms with Gasteiger partial charge in [-0.15, -0.1) is 0 Å². The molecule has 0 aromatic heterocycles. The fourth-order valence-corrected chi connectivity index (χ4v) is 2.17. The van der Waals surface area contributed by atoms with Crippen LogP contribution in [0.3, 0.4) is 0 Å². The van der Waals surface area contributed by atoms with Gasteiger partial charge in [-0.2, -0.15) is 0 Å². The summed E-state index contributed by atoms with van der Waals surface area (Å²) in [6.07, 6.45) is 0.854. The molecule has 0 heterocycles. The third-order valence-electron chi connectivity index (χ3n) is 2.82. The fraction of sp³-hybridized carbons (Fsp3) is 0.562. The van der Waals surface area contributed by atoms with E-state index >= 15 is 0 Å². The monoisotopic (exact) mass is 278 g/mol. The zero-order valence-corrected chi connectivity index (χ0v) is 13.2. The standard InChI is InChI=1S/C16H26N2O2/c1-11-8-13(6-7-17)9-12(2)15(11)20-10-14(19)18-16(3,4)5/h8-9H,6-7,10,17H2,1-5H3,(H,18,19). The maximum atomic E-state index is 11.8. The van der Waals surface area contributed by atoms with E-state index in [9.17, 15) is 4.79 Å². The van der Waals surface area contributed by atoms with Crippen molar-refractivity contribution in [3.8, 4) is 5.75 Å². The first-order chi connectivity index (χ1) is 9.23. The summed E-state index contributed by atoms with van der Waals surface area (Å²) in [4.78, 5) is 11.8. The minimum absolute atomic E-state index is 0.0369. The Labute approximate surface area is 121 Å². The van der Waals surface area contributed by atoms with Gasteiger partial charge in [0, 0.05) is 5.54 Å². The van der Waals surface area contributed by atoms with Gasteiger partial charge < -0.3 is 15.8 Å². The maximum Gasteiger partial charge on any atom is 0.258 e. The van der Waals surface area contributed by atoms with Crippen LogP contribution in [-0.2, 0) is 11.2 Å². The van der Waals surface area contributed by atoms with Crippen LogP contribution in [0.15, 0.2) is 12.1 Å². The fourth-order valence-electron chi connectivity index (χ4n) is 2.17. The average Bonchev–Trinajstić information content (AvgIpc) is 2.25.